The normalized spacial score (nSPS) is 13.6. The molecule has 12 rings (SSSR count). The lowest BCUT2D eigenvalue weighted by Gasteiger charge is -2.26. The van der Waals surface area contributed by atoms with Crippen LogP contribution in [0.5, 0.6) is 0 Å². The zero-order chi connectivity index (χ0) is 41.1. The molecule has 11 aromatic rings. The first-order chi connectivity index (χ1) is 30.6. The van der Waals surface area contributed by atoms with Crippen LogP contribution in [-0.2, 0) is 6.42 Å². The molecular weight excluding hydrogens is 753 g/mol. The fraction of sp³-hybridized carbons (Fsp3) is 0.0508. The fourth-order valence-corrected chi connectivity index (χ4v) is 9.64. The maximum atomic E-state index is 6.99. The predicted molar refractivity (Wildman–Crippen MR) is 261 cm³/mol. The number of rotatable bonds is 7. The number of nitrogens with zero attached hydrogens (tertiary/aromatic N) is 2. The third-order valence-corrected chi connectivity index (χ3v) is 12.7. The van der Waals surface area contributed by atoms with Crippen LogP contribution in [0.25, 0.3) is 88.7 Å². The van der Waals surface area contributed by atoms with E-state index in [1.165, 1.54) is 54.9 Å². The van der Waals surface area contributed by atoms with E-state index >= 15 is 0 Å². The van der Waals surface area contributed by atoms with Gasteiger partial charge < -0.3 is 13.9 Å². The zero-order valence-electron chi connectivity index (χ0n) is 34.4. The third kappa shape index (κ3) is 6.04. The Kier molecular flexibility index (Phi) is 8.53. The van der Waals surface area contributed by atoms with E-state index in [0.717, 1.165) is 62.5 Å². The first kappa shape index (κ1) is 36.0. The van der Waals surface area contributed by atoms with Gasteiger partial charge in [0, 0.05) is 50.9 Å². The second-order valence-electron chi connectivity index (χ2n) is 16.6. The molecule has 0 aliphatic heterocycles. The summed E-state index contributed by atoms with van der Waals surface area (Å²) in [5, 5.41) is 5.99. The van der Waals surface area contributed by atoms with Crippen LogP contribution in [-0.4, -0.2) is 4.57 Å². The lowest BCUT2D eigenvalue weighted by Crippen LogP contribution is -2.09. The van der Waals surface area contributed by atoms with Crippen molar-refractivity contribution < 1.29 is 4.42 Å². The maximum Gasteiger partial charge on any atom is 0.159 e. The fourth-order valence-electron chi connectivity index (χ4n) is 9.64. The van der Waals surface area contributed by atoms with Crippen LogP contribution >= 0.6 is 0 Å². The molecule has 0 saturated heterocycles. The number of furan rings is 1. The van der Waals surface area contributed by atoms with Gasteiger partial charge in [-0.1, -0.05) is 165 Å². The van der Waals surface area contributed by atoms with E-state index in [0.29, 0.717) is 5.92 Å². The molecule has 294 valence electrons. The van der Waals surface area contributed by atoms with E-state index < -0.39 is 0 Å². The molecule has 62 heavy (non-hydrogen) atoms. The van der Waals surface area contributed by atoms with Crippen LogP contribution in [0, 0.1) is 5.92 Å². The minimum absolute atomic E-state index is 0.420. The number of fused-ring (bicyclic) bond motifs is 8. The largest absolute Gasteiger partial charge is 0.458 e. The van der Waals surface area contributed by atoms with Gasteiger partial charge in [0.25, 0.3) is 0 Å². The molecule has 2 heterocycles. The molecule has 0 fully saturated rings. The Balaban J connectivity index is 1.04. The predicted octanol–water partition coefficient (Wildman–Crippen LogP) is 16.4. The molecule has 2 aromatic heterocycles. The summed E-state index contributed by atoms with van der Waals surface area (Å²) in [5.74, 6) is 1.48. The van der Waals surface area contributed by atoms with Gasteiger partial charge in [-0.3, -0.25) is 0 Å². The standard InChI is InChI=1S/C59H42N2O/c1-39-20-35-51-54-38-53(57-52-18-10-11-19-55(52)61(58(57)59(54)62-56(51)36-39)50-34-25-42-16-8-9-17-46(42)37-50)45-26-32-49(33-27-45)60(47-28-21-43(22-29-47)40-12-4-2-5-13-40)48-30-23-44(24-31-48)41-14-6-3-7-15-41/h2-35,37-39H,36H2,1H3. The summed E-state index contributed by atoms with van der Waals surface area (Å²) in [6.07, 6.45) is 5.49. The molecule has 3 nitrogen and oxygen atoms in total. The van der Waals surface area contributed by atoms with Gasteiger partial charge in [0.15, 0.2) is 5.58 Å². The van der Waals surface area contributed by atoms with Gasteiger partial charge in [-0.25, -0.2) is 0 Å². The summed E-state index contributed by atoms with van der Waals surface area (Å²) >= 11 is 0. The van der Waals surface area contributed by atoms with E-state index in [4.69, 9.17) is 4.42 Å². The number of benzene rings is 9. The van der Waals surface area contributed by atoms with Gasteiger partial charge >= 0.3 is 0 Å². The molecule has 1 atom stereocenters. The third-order valence-electron chi connectivity index (χ3n) is 12.7. The smallest absolute Gasteiger partial charge is 0.159 e. The highest BCUT2D eigenvalue weighted by molar-refractivity contribution is 6.24. The summed E-state index contributed by atoms with van der Waals surface area (Å²) in [7, 11) is 0. The topological polar surface area (TPSA) is 21.3 Å². The Bertz CT molecular complexity index is 3380. The molecule has 0 radical (unpaired) electrons. The van der Waals surface area contributed by atoms with Crippen LogP contribution in [0.2, 0.25) is 0 Å². The highest BCUT2D eigenvalue weighted by Crippen LogP contribution is 2.47. The minimum atomic E-state index is 0.420. The van der Waals surface area contributed by atoms with E-state index in [1.807, 2.05) is 0 Å². The maximum absolute atomic E-state index is 6.99. The summed E-state index contributed by atoms with van der Waals surface area (Å²) in [6.45, 7) is 2.26. The highest BCUT2D eigenvalue weighted by atomic mass is 16.3. The Morgan fingerprint density at radius 2 is 1.05 bits per heavy atom. The van der Waals surface area contributed by atoms with Crippen molar-refractivity contribution in [3.8, 4) is 39.1 Å². The molecule has 1 unspecified atom stereocenters. The Labute approximate surface area is 361 Å². The Hall–Kier alpha value is -7.88. The number of para-hydroxylation sites is 1. The second-order valence-corrected chi connectivity index (χ2v) is 16.6. The van der Waals surface area contributed by atoms with Gasteiger partial charge in [-0.2, -0.15) is 0 Å². The Morgan fingerprint density at radius 1 is 0.500 bits per heavy atom. The second kappa shape index (κ2) is 14.7. The van der Waals surface area contributed by atoms with Crippen molar-refractivity contribution in [3.05, 3.63) is 224 Å². The van der Waals surface area contributed by atoms with Crippen molar-refractivity contribution in [2.75, 3.05) is 4.90 Å². The molecule has 9 aromatic carbocycles. The number of hydrogen-bond donors (Lipinski definition) is 0. The molecular formula is C59H42N2O. The molecule has 0 N–H and O–H groups in total. The minimum Gasteiger partial charge on any atom is -0.458 e. The molecule has 3 heteroatoms. The highest BCUT2D eigenvalue weighted by Gasteiger charge is 2.26. The molecule has 0 amide bonds. The zero-order valence-corrected chi connectivity index (χ0v) is 34.4. The van der Waals surface area contributed by atoms with Crippen molar-refractivity contribution in [3.63, 3.8) is 0 Å². The van der Waals surface area contributed by atoms with E-state index in [1.54, 1.807) is 0 Å². The monoisotopic (exact) mass is 794 g/mol. The number of anilines is 3. The van der Waals surface area contributed by atoms with E-state index in [9.17, 15) is 0 Å². The van der Waals surface area contributed by atoms with Crippen LogP contribution in [0.15, 0.2) is 217 Å². The van der Waals surface area contributed by atoms with E-state index in [2.05, 4.69) is 235 Å². The number of hydrogen-bond acceptors (Lipinski definition) is 2. The van der Waals surface area contributed by atoms with Gasteiger partial charge in [-0.05, 0) is 111 Å². The number of aromatic nitrogens is 1. The molecule has 1 aliphatic carbocycles. The molecule has 0 bridgehead atoms. The first-order valence-corrected chi connectivity index (χ1v) is 21.5. The average molecular weight is 795 g/mol. The summed E-state index contributed by atoms with van der Waals surface area (Å²) < 4.78 is 9.42. The summed E-state index contributed by atoms with van der Waals surface area (Å²) in [4.78, 5) is 2.36. The lowest BCUT2D eigenvalue weighted by molar-refractivity contribution is 0.514. The van der Waals surface area contributed by atoms with Gasteiger partial charge in [0.2, 0.25) is 0 Å². The quantitative estimate of drug-likeness (QED) is 0.160. The van der Waals surface area contributed by atoms with Crippen LogP contribution in [0.3, 0.4) is 0 Å². The van der Waals surface area contributed by atoms with Crippen LogP contribution < -0.4 is 4.90 Å². The molecule has 0 spiro atoms. The van der Waals surface area contributed by atoms with Gasteiger partial charge in [0.1, 0.15) is 5.76 Å². The SMILES string of the molecule is CC1C=Cc2c(oc3c2cc(-c2ccc(N(c4ccc(-c5ccccc5)cc4)c4ccc(-c5ccccc5)cc4)cc2)c2c4ccccc4n(-c4ccc5ccccc5c4)c32)C1. The summed E-state index contributed by atoms with van der Waals surface area (Å²) in [5.41, 5.74) is 15.9. The number of allylic oxidation sites excluding steroid dienone is 1. The average Bonchev–Trinajstić information content (AvgIpc) is 3.88. The lowest BCUT2D eigenvalue weighted by atomic mass is 9.92. The van der Waals surface area contributed by atoms with Crippen LogP contribution in [0.1, 0.15) is 18.2 Å². The van der Waals surface area contributed by atoms with Crippen molar-refractivity contribution in [2.24, 2.45) is 5.92 Å². The molecule has 1 aliphatic rings. The van der Waals surface area contributed by atoms with Gasteiger partial charge in [-0.15, -0.1) is 0 Å². The van der Waals surface area contributed by atoms with Crippen molar-refractivity contribution >= 4 is 66.7 Å². The Morgan fingerprint density at radius 3 is 1.69 bits per heavy atom. The van der Waals surface area contributed by atoms with E-state index in [-0.39, 0.29) is 0 Å². The first-order valence-electron chi connectivity index (χ1n) is 21.5. The van der Waals surface area contributed by atoms with Gasteiger partial charge in [0.05, 0.1) is 11.0 Å². The summed E-state index contributed by atoms with van der Waals surface area (Å²) in [6, 6.07) is 74.7. The van der Waals surface area contributed by atoms with Crippen molar-refractivity contribution in [2.45, 2.75) is 13.3 Å². The molecule has 0 saturated carbocycles. The van der Waals surface area contributed by atoms with Crippen LogP contribution in [0.4, 0.5) is 17.1 Å². The van der Waals surface area contributed by atoms with Crippen molar-refractivity contribution in [1.82, 2.24) is 4.57 Å². The van der Waals surface area contributed by atoms with Crippen molar-refractivity contribution in [1.29, 1.82) is 0 Å².